The highest BCUT2D eigenvalue weighted by Gasteiger charge is 2.27. The third kappa shape index (κ3) is 28.9. The van der Waals surface area contributed by atoms with Crippen LogP contribution in [0.5, 0.6) is 0 Å². The number of rotatable bonds is 30. The van der Waals surface area contributed by atoms with Crippen LogP contribution in [-0.4, -0.2) is 65.7 Å². The molecule has 0 aromatic rings. The van der Waals surface area contributed by atoms with Crippen molar-refractivity contribution in [2.24, 2.45) is 0 Å². The molecule has 0 aliphatic heterocycles. The van der Waals surface area contributed by atoms with Crippen LogP contribution in [-0.2, 0) is 32.7 Å². The predicted octanol–water partition coefficient (Wildman–Crippen LogP) is 7.27. The zero-order valence-electron chi connectivity index (χ0n) is 27.1. The maximum Gasteiger partial charge on any atom is 0.472 e. The van der Waals surface area contributed by atoms with E-state index in [4.69, 9.17) is 19.1 Å². The van der Waals surface area contributed by atoms with Crippen molar-refractivity contribution in [1.82, 2.24) is 0 Å². The van der Waals surface area contributed by atoms with Gasteiger partial charge in [-0.1, -0.05) is 115 Å². The number of carbonyl (C=O) groups excluding carboxylic acids is 2. The SMILES string of the molecule is CC/C=C/C=C/C=C/CCCCCCCC(=O)OC(COC(=O)CCCCCCCCCC)COP(=O)(O)OC[C@@H](O)CO. The van der Waals surface area contributed by atoms with Crippen molar-refractivity contribution in [3.8, 4) is 0 Å². The first-order valence-electron chi connectivity index (χ1n) is 16.5. The van der Waals surface area contributed by atoms with Gasteiger partial charge in [0.05, 0.1) is 19.8 Å². The fourth-order valence-electron chi connectivity index (χ4n) is 4.05. The van der Waals surface area contributed by atoms with Gasteiger partial charge in [-0.25, -0.2) is 4.57 Å². The van der Waals surface area contributed by atoms with Gasteiger partial charge < -0.3 is 24.6 Å². The van der Waals surface area contributed by atoms with Crippen molar-refractivity contribution in [2.45, 2.75) is 135 Å². The van der Waals surface area contributed by atoms with Gasteiger partial charge in [0.25, 0.3) is 0 Å². The van der Waals surface area contributed by atoms with Crippen LogP contribution < -0.4 is 0 Å². The maximum absolute atomic E-state index is 12.5. The molecule has 0 saturated carbocycles. The summed E-state index contributed by atoms with van der Waals surface area (Å²) in [6, 6.07) is 0. The summed E-state index contributed by atoms with van der Waals surface area (Å²) >= 11 is 0. The molecule has 0 aliphatic carbocycles. The number of aliphatic hydroxyl groups excluding tert-OH is 2. The van der Waals surface area contributed by atoms with Crippen molar-refractivity contribution in [3.05, 3.63) is 36.5 Å². The van der Waals surface area contributed by atoms with Crippen molar-refractivity contribution in [3.63, 3.8) is 0 Å². The summed E-state index contributed by atoms with van der Waals surface area (Å²) in [7, 11) is -4.61. The first-order chi connectivity index (χ1) is 21.2. The normalized spacial score (nSPS) is 14.8. The predicted molar refractivity (Wildman–Crippen MR) is 173 cm³/mol. The molecular formula is C33H59O10P. The average molecular weight is 647 g/mol. The van der Waals surface area contributed by atoms with Crippen LogP contribution in [0.25, 0.3) is 0 Å². The van der Waals surface area contributed by atoms with Crippen molar-refractivity contribution in [2.75, 3.05) is 26.4 Å². The van der Waals surface area contributed by atoms with E-state index in [9.17, 15) is 24.2 Å². The molecule has 0 rings (SSSR count). The molecule has 10 nitrogen and oxygen atoms in total. The Morgan fingerprint density at radius 3 is 1.86 bits per heavy atom. The smallest absolute Gasteiger partial charge is 0.462 e. The zero-order valence-corrected chi connectivity index (χ0v) is 28.0. The number of allylic oxidation sites excluding steroid dienone is 6. The molecule has 3 N–H and O–H groups in total. The van der Waals surface area contributed by atoms with Gasteiger partial charge in [-0.05, 0) is 32.1 Å². The number of aliphatic hydroxyl groups is 2. The Balaban J connectivity index is 4.49. The third-order valence-electron chi connectivity index (χ3n) is 6.62. The maximum atomic E-state index is 12.5. The lowest BCUT2D eigenvalue weighted by Gasteiger charge is -2.20. The molecule has 3 atom stereocenters. The van der Waals surface area contributed by atoms with E-state index in [1.54, 1.807) is 0 Å². The second-order valence-corrected chi connectivity index (χ2v) is 12.3. The standard InChI is InChI=1S/C33H59O10P/c1-3-5-7-9-11-13-14-15-16-17-19-21-23-25-33(37)43-31(29-42-44(38,39)41-27-30(35)26-34)28-40-32(36)24-22-20-18-12-10-8-6-4-2/h5,7,9,11,13-14,30-31,34-35H,3-4,6,8,10,12,15-29H2,1-2H3,(H,38,39)/b7-5+,11-9+,14-13+/t30-,31?/m0/s1. The number of esters is 2. The molecule has 0 fully saturated rings. The summed E-state index contributed by atoms with van der Waals surface area (Å²) in [5.74, 6) is -0.959. The lowest BCUT2D eigenvalue weighted by atomic mass is 10.1. The van der Waals surface area contributed by atoms with E-state index < -0.39 is 51.8 Å². The summed E-state index contributed by atoms with van der Waals surface area (Å²) < 4.78 is 32.3. The molecule has 11 heteroatoms. The van der Waals surface area contributed by atoms with E-state index in [-0.39, 0.29) is 19.4 Å². The van der Waals surface area contributed by atoms with Crippen LogP contribution in [0.2, 0.25) is 0 Å². The minimum Gasteiger partial charge on any atom is -0.462 e. The number of ether oxygens (including phenoxy) is 2. The number of phosphoric ester groups is 1. The minimum atomic E-state index is -4.61. The monoisotopic (exact) mass is 646 g/mol. The molecule has 0 spiro atoms. The third-order valence-corrected chi connectivity index (χ3v) is 7.57. The largest absolute Gasteiger partial charge is 0.472 e. The lowest BCUT2D eigenvalue weighted by molar-refractivity contribution is -0.161. The number of hydrogen-bond donors (Lipinski definition) is 3. The van der Waals surface area contributed by atoms with Crippen LogP contribution in [0, 0.1) is 0 Å². The fraction of sp³-hybridized carbons (Fsp3) is 0.758. The van der Waals surface area contributed by atoms with E-state index in [0.717, 1.165) is 57.8 Å². The quantitative estimate of drug-likeness (QED) is 0.0315. The summed E-state index contributed by atoms with van der Waals surface area (Å²) in [4.78, 5) is 34.5. The Bertz CT molecular complexity index is 842. The number of phosphoric acid groups is 1. The molecular weight excluding hydrogens is 587 g/mol. The highest BCUT2D eigenvalue weighted by molar-refractivity contribution is 7.47. The molecule has 44 heavy (non-hydrogen) atoms. The van der Waals surface area contributed by atoms with Gasteiger partial charge in [0.1, 0.15) is 12.7 Å². The van der Waals surface area contributed by atoms with Gasteiger partial charge in [-0.3, -0.25) is 18.6 Å². The molecule has 0 heterocycles. The lowest BCUT2D eigenvalue weighted by Crippen LogP contribution is -2.29. The van der Waals surface area contributed by atoms with Gasteiger partial charge in [-0.15, -0.1) is 0 Å². The Morgan fingerprint density at radius 1 is 0.705 bits per heavy atom. The Morgan fingerprint density at radius 2 is 1.25 bits per heavy atom. The Labute approximate surface area is 265 Å². The summed E-state index contributed by atoms with van der Waals surface area (Å²) in [5.41, 5.74) is 0. The van der Waals surface area contributed by atoms with E-state index in [1.807, 2.05) is 24.3 Å². The molecule has 256 valence electrons. The first-order valence-corrected chi connectivity index (χ1v) is 18.0. The Kier molecular flexibility index (Phi) is 28.6. The highest BCUT2D eigenvalue weighted by atomic mass is 31.2. The van der Waals surface area contributed by atoms with E-state index in [0.29, 0.717) is 12.8 Å². The van der Waals surface area contributed by atoms with Gasteiger partial charge in [0.2, 0.25) is 0 Å². The molecule has 0 aromatic carbocycles. The van der Waals surface area contributed by atoms with Crippen LogP contribution in [0.4, 0.5) is 0 Å². The number of unbranched alkanes of at least 4 members (excludes halogenated alkanes) is 12. The summed E-state index contributed by atoms with van der Waals surface area (Å²) in [6.07, 6.45) is 25.7. The highest BCUT2D eigenvalue weighted by Crippen LogP contribution is 2.43. The molecule has 0 amide bonds. The molecule has 0 aliphatic rings. The molecule has 0 bridgehead atoms. The molecule has 0 saturated heterocycles. The minimum absolute atomic E-state index is 0.161. The van der Waals surface area contributed by atoms with Gasteiger partial charge in [0, 0.05) is 12.8 Å². The number of hydrogen-bond acceptors (Lipinski definition) is 9. The van der Waals surface area contributed by atoms with E-state index in [1.165, 1.54) is 25.7 Å². The molecule has 0 aromatic heterocycles. The van der Waals surface area contributed by atoms with E-state index in [2.05, 4.69) is 30.5 Å². The second-order valence-electron chi connectivity index (χ2n) is 10.9. The van der Waals surface area contributed by atoms with Gasteiger partial charge in [0.15, 0.2) is 6.10 Å². The second kappa shape index (κ2) is 29.9. The fourth-order valence-corrected chi connectivity index (χ4v) is 4.84. The summed E-state index contributed by atoms with van der Waals surface area (Å²) in [6.45, 7) is 2.14. The molecule has 0 radical (unpaired) electrons. The van der Waals surface area contributed by atoms with Crippen molar-refractivity contribution < 1.29 is 47.8 Å². The average Bonchev–Trinajstić information content (AvgIpc) is 3.00. The van der Waals surface area contributed by atoms with Crippen LogP contribution >= 0.6 is 7.82 Å². The number of carbonyl (C=O) groups is 2. The van der Waals surface area contributed by atoms with Gasteiger partial charge in [-0.2, -0.15) is 0 Å². The van der Waals surface area contributed by atoms with E-state index >= 15 is 0 Å². The van der Waals surface area contributed by atoms with Gasteiger partial charge >= 0.3 is 19.8 Å². The Hall–Kier alpha value is -1.81. The van der Waals surface area contributed by atoms with Crippen LogP contribution in [0.15, 0.2) is 36.5 Å². The molecule has 2 unspecified atom stereocenters. The summed E-state index contributed by atoms with van der Waals surface area (Å²) in [5, 5.41) is 18.2. The van der Waals surface area contributed by atoms with Crippen molar-refractivity contribution >= 4 is 19.8 Å². The first kappa shape index (κ1) is 42.2. The van der Waals surface area contributed by atoms with Crippen LogP contribution in [0.3, 0.4) is 0 Å². The topological polar surface area (TPSA) is 149 Å². The zero-order chi connectivity index (χ0) is 32.7. The van der Waals surface area contributed by atoms with Crippen molar-refractivity contribution in [1.29, 1.82) is 0 Å². The van der Waals surface area contributed by atoms with Crippen LogP contribution in [0.1, 0.15) is 123 Å².